The molecule has 0 amide bonds. The quantitative estimate of drug-likeness (QED) is 0.924. The van der Waals surface area contributed by atoms with Crippen molar-refractivity contribution in [1.29, 1.82) is 0 Å². The van der Waals surface area contributed by atoms with E-state index >= 15 is 0 Å². The van der Waals surface area contributed by atoms with Gasteiger partial charge >= 0.3 is 6.18 Å². The molecule has 2 aromatic rings. The fourth-order valence-electron chi connectivity index (χ4n) is 1.61. The van der Waals surface area contributed by atoms with Gasteiger partial charge in [0.2, 0.25) is 0 Å². The van der Waals surface area contributed by atoms with Crippen molar-refractivity contribution < 1.29 is 13.2 Å². The first-order valence-electron chi connectivity index (χ1n) is 5.03. The average Bonchev–Trinajstić information content (AvgIpc) is 2.73. The smallest absolute Gasteiger partial charge is 0.326 e. The number of hydrogen-bond donors (Lipinski definition) is 1. The molecule has 3 nitrogen and oxygen atoms in total. The highest BCUT2D eigenvalue weighted by atomic mass is 79.9. The molecule has 1 aromatic carbocycles. The van der Waals surface area contributed by atoms with Crippen LogP contribution in [0, 0.1) is 0 Å². The Labute approximate surface area is 110 Å². The lowest BCUT2D eigenvalue weighted by Gasteiger charge is -2.12. The van der Waals surface area contributed by atoms with Crippen LogP contribution in [0.15, 0.2) is 34.9 Å². The largest absolute Gasteiger partial charge is 0.433 e. The van der Waals surface area contributed by atoms with Crippen molar-refractivity contribution in [3.63, 3.8) is 0 Å². The second-order valence-electron chi connectivity index (χ2n) is 3.61. The Morgan fingerprint density at radius 1 is 1.22 bits per heavy atom. The van der Waals surface area contributed by atoms with Crippen molar-refractivity contribution in [2.75, 3.05) is 0 Å². The predicted molar refractivity (Wildman–Crippen MR) is 64.2 cm³/mol. The van der Waals surface area contributed by atoms with Crippen LogP contribution in [0.2, 0.25) is 0 Å². The zero-order valence-electron chi connectivity index (χ0n) is 9.08. The van der Waals surface area contributed by atoms with Crippen LogP contribution in [0.25, 0.3) is 5.69 Å². The molecule has 0 saturated carbocycles. The Morgan fingerprint density at radius 3 is 2.33 bits per heavy atom. The minimum atomic E-state index is -4.49. The minimum Gasteiger partial charge on any atom is -0.326 e. The van der Waals surface area contributed by atoms with Gasteiger partial charge in [0, 0.05) is 16.6 Å². The molecule has 0 bridgehead atoms. The highest BCUT2D eigenvalue weighted by Gasteiger charge is 2.38. The van der Waals surface area contributed by atoms with Crippen molar-refractivity contribution in [1.82, 2.24) is 9.78 Å². The van der Waals surface area contributed by atoms with Crippen LogP contribution in [0.3, 0.4) is 0 Å². The highest BCUT2D eigenvalue weighted by Crippen LogP contribution is 2.33. The molecule has 2 N–H and O–H groups in total. The molecule has 18 heavy (non-hydrogen) atoms. The molecule has 0 aliphatic heterocycles. The molecule has 96 valence electrons. The van der Waals surface area contributed by atoms with E-state index in [1.807, 2.05) is 0 Å². The third-order valence-corrected chi connectivity index (χ3v) is 2.93. The maximum Gasteiger partial charge on any atom is 0.433 e. The van der Waals surface area contributed by atoms with Crippen LogP contribution in [-0.2, 0) is 12.7 Å². The van der Waals surface area contributed by atoms with Gasteiger partial charge < -0.3 is 5.73 Å². The van der Waals surface area contributed by atoms with Gasteiger partial charge in [0.1, 0.15) is 0 Å². The standard InChI is InChI=1S/C11H9BrF3N3/c12-8-1-3-9(4-2-8)18-10(11(13,14)15)7(5-16)6-17-18/h1-4,6H,5,16H2. The molecule has 0 saturated heterocycles. The fraction of sp³-hybridized carbons (Fsp3) is 0.182. The lowest BCUT2D eigenvalue weighted by atomic mass is 10.2. The molecule has 0 atom stereocenters. The van der Waals surface area contributed by atoms with Gasteiger partial charge in [-0.25, -0.2) is 4.68 Å². The monoisotopic (exact) mass is 319 g/mol. The first-order valence-corrected chi connectivity index (χ1v) is 5.83. The van der Waals surface area contributed by atoms with Gasteiger partial charge in [0.15, 0.2) is 5.69 Å². The van der Waals surface area contributed by atoms with Crippen LogP contribution < -0.4 is 5.73 Å². The summed E-state index contributed by atoms with van der Waals surface area (Å²) in [5.74, 6) is 0. The summed E-state index contributed by atoms with van der Waals surface area (Å²) in [7, 11) is 0. The number of alkyl halides is 3. The summed E-state index contributed by atoms with van der Waals surface area (Å²) >= 11 is 3.22. The van der Waals surface area contributed by atoms with Crippen molar-refractivity contribution in [3.8, 4) is 5.69 Å². The normalized spacial score (nSPS) is 11.8. The van der Waals surface area contributed by atoms with Crippen LogP contribution in [0.5, 0.6) is 0 Å². The van der Waals surface area contributed by atoms with Crippen LogP contribution in [0.4, 0.5) is 13.2 Å². The van der Waals surface area contributed by atoms with Crippen molar-refractivity contribution in [2.24, 2.45) is 5.73 Å². The maximum atomic E-state index is 13.0. The van der Waals surface area contributed by atoms with E-state index in [4.69, 9.17) is 5.73 Å². The van der Waals surface area contributed by atoms with Gasteiger partial charge in [-0.05, 0) is 24.3 Å². The zero-order valence-corrected chi connectivity index (χ0v) is 10.7. The predicted octanol–water partition coefficient (Wildman–Crippen LogP) is 3.11. The van der Waals surface area contributed by atoms with Gasteiger partial charge in [-0.1, -0.05) is 15.9 Å². The second-order valence-corrected chi connectivity index (χ2v) is 4.52. The SMILES string of the molecule is NCc1cnn(-c2ccc(Br)cc2)c1C(F)(F)F. The van der Waals surface area contributed by atoms with E-state index in [-0.39, 0.29) is 12.1 Å². The summed E-state index contributed by atoms with van der Waals surface area (Å²) in [4.78, 5) is 0. The molecule has 0 spiro atoms. The Balaban J connectivity index is 2.58. The third kappa shape index (κ3) is 2.41. The zero-order chi connectivity index (χ0) is 13.3. The van der Waals surface area contributed by atoms with E-state index in [1.54, 1.807) is 24.3 Å². The Hall–Kier alpha value is -1.34. The van der Waals surface area contributed by atoms with Gasteiger partial charge in [0.05, 0.1) is 11.9 Å². The summed E-state index contributed by atoms with van der Waals surface area (Å²) in [6.45, 7) is -0.203. The summed E-state index contributed by atoms with van der Waals surface area (Å²) in [6.07, 6.45) is -3.34. The third-order valence-electron chi connectivity index (χ3n) is 2.40. The Kier molecular flexibility index (Phi) is 3.45. The first-order chi connectivity index (χ1) is 8.43. The second kappa shape index (κ2) is 4.74. The maximum absolute atomic E-state index is 13.0. The molecule has 0 radical (unpaired) electrons. The molecule has 1 aromatic heterocycles. The fourth-order valence-corrected chi connectivity index (χ4v) is 1.88. The number of halogens is 4. The molecule has 0 aliphatic carbocycles. The molecule has 7 heteroatoms. The van der Waals surface area contributed by atoms with Crippen LogP contribution in [-0.4, -0.2) is 9.78 Å². The lowest BCUT2D eigenvalue weighted by molar-refractivity contribution is -0.143. The van der Waals surface area contributed by atoms with Crippen molar-refractivity contribution in [3.05, 3.63) is 46.2 Å². The lowest BCUT2D eigenvalue weighted by Crippen LogP contribution is -2.16. The van der Waals surface area contributed by atoms with E-state index < -0.39 is 11.9 Å². The molecule has 2 rings (SSSR count). The van der Waals surface area contributed by atoms with E-state index in [9.17, 15) is 13.2 Å². The van der Waals surface area contributed by atoms with Gasteiger partial charge in [-0.2, -0.15) is 18.3 Å². The molecule has 1 heterocycles. The number of nitrogens with two attached hydrogens (primary N) is 1. The molecule has 0 unspecified atom stereocenters. The van der Waals surface area contributed by atoms with E-state index in [0.717, 1.165) is 15.4 Å². The van der Waals surface area contributed by atoms with Gasteiger partial charge in [0.25, 0.3) is 0 Å². The summed E-state index contributed by atoms with van der Waals surface area (Å²) in [5, 5.41) is 3.75. The topological polar surface area (TPSA) is 43.8 Å². The molecule has 0 fully saturated rings. The number of hydrogen-bond acceptors (Lipinski definition) is 2. The Bertz CT molecular complexity index is 546. The number of rotatable bonds is 2. The van der Waals surface area contributed by atoms with Crippen molar-refractivity contribution >= 4 is 15.9 Å². The summed E-state index contributed by atoms with van der Waals surface area (Å²) in [5.41, 5.74) is 4.79. The number of aromatic nitrogens is 2. The average molecular weight is 320 g/mol. The van der Waals surface area contributed by atoms with E-state index in [1.165, 1.54) is 0 Å². The molecule has 0 aliphatic rings. The first kappa shape index (κ1) is 13.1. The number of benzene rings is 1. The minimum absolute atomic E-state index is 0.0228. The number of nitrogens with zero attached hydrogens (tertiary/aromatic N) is 2. The van der Waals surface area contributed by atoms with Gasteiger partial charge in [-0.3, -0.25) is 0 Å². The molecular weight excluding hydrogens is 311 g/mol. The van der Waals surface area contributed by atoms with Crippen LogP contribution >= 0.6 is 15.9 Å². The summed E-state index contributed by atoms with van der Waals surface area (Å²) < 4.78 is 40.5. The molecular formula is C11H9BrF3N3. The Morgan fingerprint density at radius 2 is 1.83 bits per heavy atom. The van der Waals surface area contributed by atoms with Crippen molar-refractivity contribution in [2.45, 2.75) is 12.7 Å². The van der Waals surface area contributed by atoms with Gasteiger partial charge in [-0.15, -0.1) is 0 Å². The highest BCUT2D eigenvalue weighted by molar-refractivity contribution is 9.10. The van der Waals surface area contributed by atoms with E-state index in [2.05, 4.69) is 21.0 Å². The van der Waals surface area contributed by atoms with Crippen LogP contribution in [0.1, 0.15) is 11.3 Å². The summed E-state index contributed by atoms with van der Waals surface area (Å²) in [6, 6.07) is 6.40. The van der Waals surface area contributed by atoms with E-state index in [0.29, 0.717) is 5.69 Å².